The molecule has 1 aromatic heterocycles. The van der Waals surface area contributed by atoms with E-state index in [0.29, 0.717) is 26.1 Å². The van der Waals surface area contributed by atoms with Crippen LogP contribution in [0.15, 0.2) is 5.38 Å². The summed E-state index contributed by atoms with van der Waals surface area (Å²) >= 11 is 1.58. The summed E-state index contributed by atoms with van der Waals surface area (Å²) in [6, 6.07) is -0.394. The van der Waals surface area contributed by atoms with Gasteiger partial charge in [0.25, 0.3) is 5.91 Å². The first-order valence-electron chi connectivity index (χ1n) is 7.75. The molecule has 1 N–H and O–H groups in total. The lowest BCUT2D eigenvalue weighted by Gasteiger charge is -2.23. The molecule has 23 heavy (non-hydrogen) atoms. The van der Waals surface area contributed by atoms with Gasteiger partial charge in [-0.3, -0.25) is 14.6 Å². The van der Waals surface area contributed by atoms with Crippen molar-refractivity contribution in [3.8, 4) is 0 Å². The summed E-state index contributed by atoms with van der Waals surface area (Å²) in [6.07, 6.45) is 0.649. The van der Waals surface area contributed by atoms with Crippen molar-refractivity contribution in [1.82, 2.24) is 20.1 Å². The van der Waals surface area contributed by atoms with Gasteiger partial charge < -0.3 is 10.1 Å². The van der Waals surface area contributed by atoms with Gasteiger partial charge >= 0.3 is 6.03 Å². The first-order valence-corrected chi connectivity index (χ1v) is 8.63. The molecule has 2 fully saturated rings. The lowest BCUT2D eigenvalue weighted by molar-refractivity contribution is -0.132. The highest BCUT2D eigenvalue weighted by molar-refractivity contribution is 7.09. The van der Waals surface area contributed by atoms with Gasteiger partial charge in [-0.05, 0) is 20.3 Å². The number of nitrogens with zero attached hydrogens (tertiary/aromatic N) is 3. The lowest BCUT2D eigenvalue weighted by Crippen LogP contribution is -2.49. The highest BCUT2D eigenvalue weighted by Gasteiger charge is 2.55. The van der Waals surface area contributed by atoms with Crippen LogP contribution in [0.1, 0.15) is 31.0 Å². The molecule has 3 amide bonds. The molecule has 0 radical (unpaired) electrons. The molecule has 8 heteroatoms. The molecular formula is C15H22N4O3S. The number of imide groups is 1. The molecule has 7 nitrogen and oxygen atoms in total. The number of nitrogens with one attached hydrogen (secondary N) is 1. The Morgan fingerprint density at radius 1 is 1.48 bits per heavy atom. The second-order valence-electron chi connectivity index (χ2n) is 6.41. The summed E-state index contributed by atoms with van der Waals surface area (Å²) < 4.78 is 5.08. The maximum Gasteiger partial charge on any atom is 0.325 e. The number of methoxy groups -OCH3 is 1. The lowest BCUT2D eigenvalue weighted by atomic mass is 9.98. The van der Waals surface area contributed by atoms with E-state index < -0.39 is 5.54 Å². The molecule has 0 aromatic carbocycles. The van der Waals surface area contributed by atoms with E-state index in [1.807, 2.05) is 19.2 Å². The third-order valence-electron chi connectivity index (χ3n) is 4.31. The van der Waals surface area contributed by atoms with Crippen LogP contribution < -0.4 is 5.32 Å². The third-order valence-corrected chi connectivity index (χ3v) is 5.18. The molecule has 126 valence electrons. The fraction of sp³-hybridized carbons (Fsp3) is 0.667. The molecule has 3 rings (SSSR count). The maximum absolute atomic E-state index is 12.7. The number of carbonyl (C=O) groups is 2. The number of thiazole rings is 1. The SMILES string of the molecule is COCc1nc(CN2CCC3(C2)NC(=O)N(C(C)C)C3=O)cs1. The fourth-order valence-electron chi connectivity index (χ4n) is 3.25. The van der Waals surface area contributed by atoms with Crippen molar-refractivity contribution >= 4 is 23.3 Å². The van der Waals surface area contributed by atoms with Crippen LogP contribution in [0.4, 0.5) is 4.79 Å². The number of hydrogen-bond donors (Lipinski definition) is 1. The average Bonchev–Trinajstić information content (AvgIpc) is 3.13. The summed E-state index contributed by atoms with van der Waals surface area (Å²) in [5.74, 6) is -0.0988. The van der Waals surface area contributed by atoms with E-state index in [0.717, 1.165) is 17.2 Å². The van der Waals surface area contributed by atoms with Crippen LogP contribution in [0.25, 0.3) is 0 Å². The Labute approximate surface area is 139 Å². The molecule has 1 spiro atoms. The molecule has 0 aliphatic carbocycles. The van der Waals surface area contributed by atoms with Crippen molar-refractivity contribution in [2.75, 3.05) is 20.2 Å². The summed E-state index contributed by atoms with van der Waals surface area (Å²) in [5, 5.41) is 5.88. The number of ether oxygens (including phenoxy) is 1. The molecular weight excluding hydrogens is 316 g/mol. The first-order chi connectivity index (χ1) is 10.9. The van der Waals surface area contributed by atoms with Crippen molar-refractivity contribution in [2.45, 2.75) is 45.0 Å². The standard InChI is InChI=1S/C15H22N4O3S/c1-10(2)19-13(20)15(17-14(19)21)4-5-18(9-15)6-11-8-23-12(16-11)7-22-3/h8,10H,4-7,9H2,1-3H3,(H,17,21). The number of rotatable bonds is 5. The Kier molecular flexibility index (Phi) is 4.39. The molecule has 0 saturated carbocycles. The van der Waals surface area contributed by atoms with E-state index >= 15 is 0 Å². The molecule has 3 heterocycles. The zero-order valence-electron chi connectivity index (χ0n) is 13.7. The summed E-state index contributed by atoms with van der Waals surface area (Å²) in [5.41, 5.74) is 0.226. The van der Waals surface area contributed by atoms with E-state index in [9.17, 15) is 9.59 Å². The Balaban J connectivity index is 1.66. The normalized spacial score (nSPS) is 25.1. The number of likely N-dealkylation sites (tertiary alicyclic amines) is 1. The Morgan fingerprint density at radius 2 is 2.26 bits per heavy atom. The van der Waals surface area contributed by atoms with Gasteiger partial charge in [0.1, 0.15) is 10.5 Å². The van der Waals surface area contributed by atoms with Gasteiger partial charge in [0.05, 0.1) is 12.3 Å². The Bertz CT molecular complexity index is 618. The van der Waals surface area contributed by atoms with Crippen molar-refractivity contribution < 1.29 is 14.3 Å². The number of hydrogen-bond acceptors (Lipinski definition) is 6. The smallest absolute Gasteiger partial charge is 0.325 e. The highest BCUT2D eigenvalue weighted by atomic mass is 32.1. The molecule has 2 aliphatic rings. The molecule has 1 atom stereocenters. The molecule has 1 unspecified atom stereocenters. The van der Waals surface area contributed by atoms with Gasteiger partial charge in [-0.2, -0.15) is 0 Å². The zero-order chi connectivity index (χ0) is 16.6. The van der Waals surface area contributed by atoms with Gasteiger partial charge in [-0.15, -0.1) is 11.3 Å². The maximum atomic E-state index is 12.7. The topological polar surface area (TPSA) is 74.8 Å². The highest BCUT2D eigenvalue weighted by Crippen LogP contribution is 2.30. The molecule has 0 bridgehead atoms. The Morgan fingerprint density at radius 3 is 2.91 bits per heavy atom. The third kappa shape index (κ3) is 2.98. The van der Waals surface area contributed by atoms with Crippen LogP contribution in [0.2, 0.25) is 0 Å². The van der Waals surface area contributed by atoms with Crippen LogP contribution in [-0.4, -0.2) is 58.5 Å². The van der Waals surface area contributed by atoms with Crippen molar-refractivity contribution in [2.24, 2.45) is 0 Å². The predicted molar refractivity (Wildman–Crippen MR) is 86.0 cm³/mol. The number of amides is 3. The van der Waals surface area contributed by atoms with Crippen LogP contribution >= 0.6 is 11.3 Å². The summed E-state index contributed by atoms with van der Waals surface area (Å²) in [7, 11) is 1.65. The predicted octanol–water partition coefficient (Wildman–Crippen LogP) is 1.19. The molecule has 1 aromatic rings. The van der Waals surface area contributed by atoms with Crippen molar-refractivity contribution in [3.05, 3.63) is 16.1 Å². The average molecular weight is 338 g/mol. The number of aromatic nitrogens is 1. The number of carbonyl (C=O) groups excluding carboxylic acids is 2. The van der Waals surface area contributed by atoms with E-state index in [2.05, 4.69) is 15.2 Å². The van der Waals surface area contributed by atoms with E-state index in [-0.39, 0.29) is 18.0 Å². The summed E-state index contributed by atoms with van der Waals surface area (Å²) in [4.78, 5) is 32.8. The Hall–Kier alpha value is -1.51. The second-order valence-corrected chi connectivity index (χ2v) is 7.35. The zero-order valence-corrected chi connectivity index (χ0v) is 14.5. The van der Waals surface area contributed by atoms with E-state index in [1.165, 1.54) is 4.90 Å². The van der Waals surface area contributed by atoms with Gasteiger partial charge in [0.15, 0.2) is 0 Å². The number of urea groups is 1. The van der Waals surface area contributed by atoms with Gasteiger partial charge in [-0.25, -0.2) is 9.78 Å². The minimum absolute atomic E-state index is 0.0988. The van der Waals surface area contributed by atoms with E-state index in [1.54, 1.807) is 18.4 Å². The minimum atomic E-state index is -0.757. The van der Waals surface area contributed by atoms with Gasteiger partial charge in [0.2, 0.25) is 0 Å². The quantitative estimate of drug-likeness (QED) is 0.817. The van der Waals surface area contributed by atoms with Crippen LogP contribution in [-0.2, 0) is 22.7 Å². The van der Waals surface area contributed by atoms with Gasteiger partial charge in [0, 0.05) is 38.2 Å². The van der Waals surface area contributed by atoms with Crippen LogP contribution in [0.3, 0.4) is 0 Å². The van der Waals surface area contributed by atoms with Crippen molar-refractivity contribution in [3.63, 3.8) is 0 Å². The largest absolute Gasteiger partial charge is 0.378 e. The van der Waals surface area contributed by atoms with E-state index in [4.69, 9.17) is 4.74 Å². The van der Waals surface area contributed by atoms with Crippen LogP contribution in [0, 0.1) is 0 Å². The monoisotopic (exact) mass is 338 g/mol. The second kappa shape index (κ2) is 6.18. The molecule has 2 aliphatic heterocycles. The first kappa shape index (κ1) is 16.4. The minimum Gasteiger partial charge on any atom is -0.378 e. The van der Waals surface area contributed by atoms with Crippen molar-refractivity contribution in [1.29, 1.82) is 0 Å². The van der Waals surface area contributed by atoms with Crippen LogP contribution in [0.5, 0.6) is 0 Å². The van der Waals surface area contributed by atoms with Gasteiger partial charge in [-0.1, -0.05) is 0 Å². The fourth-order valence-corrected chi connectivity index (χ4v) is 4.01. The molecule has 2 saturated heterocycles. The summed E-state index contributed by atoms with van der Waals surface area (Å²) in [6.45, 7) is 6.23.